The van der Waals surface area contributed by atoms with E-state index in [9.17, 15) is 13.2 Å². The lowest BCUT2D eigenvalue weighted by Crippen LogP contribution is -2.34. The van der Waals surface area contributed by atoms with E-state index >= 15 is 0 Å². The molecule has 156 valence electrons. The van der Waals surface area contributed by atoms with Gasteiger partial charge in [-0.1, -0.05) is 25.0 Å². The van der Waals surface area contributed by atoms with Gasteiger partial charge in [-0.3, -0.25) is 4.79 Å². The smallest absolute Gasteiger partial charge is 0.227 e. The Labute approximate surface area is 170 Å². The average Bonchev–Trinajstić information content (AvgIpc) is 3.06. The third-order valence-corrected chi connectivity index (χ3v) is 9.29. The fraction of sp³-hybridized carbons (Fsp3) is 0.696. The molecule has 1 saturated carbocycles. The Bertz CT molecular complexity index is 769. The third kappa shape index (κ3) is 5.16. The molecule has 0 aromatic heterocycles. The quantitative estimate of drug-likeness (QED) is 0.685. The minimum Gasteiger partial charge on any atom is -0.312 e. The van der Waals surface area contributed by atoms with Gasteiger partial charge < -0.3 is 4.90 Å². The summed E-state index contributed by atoms with van der Waals surface area (Å²) in [6.45, 7) is 6.25. The Kier molecular flexibility index (Phi) is 6.53. The number of sulfone groups is 1. The second kappa shape index (κ2) is 8.56. The number of amides is 1. The lowest BCUT2D eigenvalue weighted by molar-refractivity contribution is -0.117. The van der Waals surface area contributed by atoms with Gasteiger partial charge in [0, 0.05) is 18.7 Å². The second-order valence-corrected chi connectivity index (χ2v) is 12.4. The van der Waals surface area contributed by atoms with E-state index in [1.54, 1.807) is 20.8 Å². The molecule has 2 fully saturated rings. The van der Waals surface area contributed by atoms with Crippen LogP contribution in [0.25, 0.3) is 0 Å². The van der Waals surface area contributed by atoms with Gasteiger partial charge in [0.2, 0.25) is 5.91 Å². The predicted molar refractivity (Wildman–Crippen MR) is 115 cm³/mol. The molecule has 1 aromatic rings. The van der Waals surface area contributed by atoms with E-state index in [0.29, 0.717) is 24.0 Å². The molecule has 2 aliphatic rings. The summed E-state index contributed by atoms with van der Waals surface area (Å²) in [5.41, 5.74) is 2.35. The first-order chi connectivity index (χ1) is 13.2. The van der Waals surface area contributed by atoms with Gasteiger partial charge in [0.15, 0.2) is 9.84 Å². The van der Waals surface area contributed by atoms with Gasteiger partial charge >= 0.3 is 0 Å². The van der Waals surface area contributed by atoms with Gasteiger partial charge in [0.1, 0.15) is 0 Å². The van der Waals surface area contributed by atoms with Crippen LogP contribution in [0.5, 0.6) is 0 Å². The first kappa shape index (κ1) is 21.4. The van der Waals surface area contributed by atoms with E-state index < -0.39 is 14.6 Å². The van der Waals surface area contributed by atoms with Crippen molar-refractivity contribution in [3.8, 4) is 0 Å². The molecule has 1 saturated heterocycles. The lowest BCUT2D eigenvalue weighted by atomic mass is 9.80. The largest absolute Gasteiger partial charge is 0.312 e. The van der Waals surface area contributed by atoms with Gasteiger partial charge in [-0.25, -0.2) is 8.42 Å². The van der Waals surface area contributed by atoms with Crippen LogP contribution in [-0.4, -0.2) is 31.4 Å². The zero-order valence-electron chi connectivity index (χ0n) is 17.6. The molecule has 0 radical (unpaired) electrons. The summed E-state index contributed by atoms with van der Waals surface area (Å²) in [5, 5.41) is 0. The van der Waals surface area contributed by atoms with Crippen molar-refractivity contribution in [2.24, 2.45) is 11.8 Å². The van der Waals surface area contributed by atoms with Crippen molar-refractivity contribution in [3.63, 3.8) is 0 Å². The molecule has 28 heavy (non-hydrogen) atoms. The lowest BCUT2D eigenvalue weighted by Gasteiger charge is -2.30. The van der Waals surface area contributed by atoms with Crippen molar-refractivity contribution in [2.45, 2.75) is 76.9 Å². The zero-order chi connectivity index (χ0) is 20.4. The number of aryl methyl sites for hydroxylation is 1. The van der Waals surface area contributed by atoms with Gasteiger partial charge in [-0.15, -0.1) is 0 Å². The van der Waals surface area contributed by atoms with Gasteiger partial charge in [0.05, 0.1) is 10.5 Å². The molecule has 1 aromatic carbocycles. The first-order valence-electron chi connectivity index (χ1n) is 10.8. The van der Waals surface area contributed by atoms with E-state index in [-0.39, 0.29) is 5.91 Å². The summed E-state index contributed by atoms with van der Waals surface area (Å²) in [6.07, 6.45) is 8.22. The minimum atomic E-state index is -3.01. The zero-order valence-corrected chi connectivity index (χ0v) is 18.4. The maximum absolute atomic E-state index is 12.4. The van der Waals surface area contributed by atoms with Crippen LogP contribution < -0.4 is 4.90 Å². The molecule has 1 amide bonds. The Balaban J connectivity index is 1.44. The van der Waals surface area contributed by atoms with Crippen molar-refractivity contribution in [3.05, 3.63) is 29.8 Å². The molecule has 0 N–H and O–H groups in total. The monoisotopic (exact) mass is 405 g/mol. The third-order valence-electron chi connectivity index (χ3n) is 6.52. The van der Waals surface area contributed by atoms with Crippen molar-refractivity contribution < 1.29 is 13.2 Å². The average molecular weight is 406 g/mol. The molecule has 1 aliphatic heterocycles. The van der Waals surface area contributed by atoms with Crippen LogP contribution in [0.15, 0.2) is 24.3 Å². The molecule has 1 aliphatic carbocycles. The number of nitrogens with zero attached hydrogens (tertiary/aromatic N) is 1. The highest BCUT2D eigenvalue weighted by atomic mass is 32.2. The van der Waals surface area contributed by atoms with Crippen molar-refractivity contribution in [1.82, 2.24) is 0 Å². The number of hydrogen-bond acceptors (Lipinski definition) is 3. The molecule has 0 unspecified atom stereocenters. The Morgan fingerprint density at radius 2 is 1.61 bits per heavy atom. The second-order valence-electron chi connectivity index (χ2n) is 9.63. The first-order valence-corrected chi connectivity index (χ1v) is 12.4. The number of carbonyl (C=O) groups excluding carboxylic acids is 1. The topological polar surface area (TPSA) is 54.5 Å². The van der Waals surface area contributed by atoms with Crippen LogP contribution in [0.1, 0.15) is 71.3 Å². The van der Waals surface area contributed by atoms with Gasteiger partial charge in [-0.2, -0.15) is 0 Å². The summed E-state index contributed by atoms with van der Waals surface area (Å²) in [4.78, 5) is 13.7. The molecular formula is C23H35NO3S. The molecule has 1 heterocycles. The summed E-state index contributed by atoms with van der Waals surface area (Å²) >= 11 is 0. The standard InChI is InChI=1S/C23H35NO3S/c1-23(2,3)28(26,27)17-20-10-8-18(9-11-20)6-7-19-12-14-21(15-13-19)24-16-4-5-22(24)25/h12-15,18,20H,4-11,16-17H2,1-3H3. The summed E-state index contributed by atoms with van der Waals surface area (Å²) < 4.78 is 24.2. The normalized spacial score (nSPS) is 24.0. The van der Waals surface area contributed by atoms with Crippen molar-refractivity contribution in [2.75, 3.05) is 17.2 Å². The Morgan fingerprint density at radius 1 is 1.00 bits per heavy atom. The summed E-state index contributed by atoms with van der Waals surface area (Å²) in [6, 6.07) is 8.46. The number of carbonyl (C=O) groups is 1. The highest BCUT2D eigenvalue weighted by Gasteiger charge is 2.33. The number of hydrogen-bond donors (Lipinski definition) is 0. The molecule has 5 heteroatoms. The van der Waals surface area contributed by atoms with Crippen LogP contribution in [0.2, 0.25) is 0 Å². The fourth-order valence-corrected chi connectivity index (χ4v) is 5.84. The number of rotatable bonds is 6. The van der Waals surface area contributed by atoms with Crippen LogP contribution in [0, 0.1) is 11.8 Å². The van der Waals surface area contributed by atoms with E-state index in [0.717, 1.165) is 50.8 Å². The van der Waals surface area contributed by atoms with Gasteiger partial charge in [0.25, 0.3) is 0 Å². The molecular weight excluding hydrogens is 370 g/mol. The Hall–Kier alpha value is -1.36. The number of anilines is 1. The van der Waals surface area contributed by atoms with E-state index in [2.05, 4.69) is 24.3 Å². The van der Waals surface area contributed by atoms with Crippen LogP contribution in [-0.2, 0) is 21.1 Å². The van der Waals surface area contributed by atoms with Crippen LogP contribution in [0.3, 0.4) is 0 Å². The highest BCUT2D eigenvalue weighted by Crippen LogP contribution is 2.34. The van der Waals surface area contributed by atoms with Crippen molar-refractivity contribution in [1.29, 1.82) is 0 Å². The molecule has 4 nitrogen and oxygen atoms in total. The molecule has 0 atom stereocenters. The van der Waals surface area contributed by atoms with Gasteiger partial charge in [-0.05, 0) is 82.4 Å². The summed E-state index contributed by atoms with van der Waals surface area (Å²) in [7, 11) is -3.01. The minimum absolute atomic E-state index is 0.234. The number of benzene rings is 1. The summed E-state index contributed by atoms with van der Waals surface area (Å²) in [5.74, 6) is 1.61. The SMILES string of the molecule is CC(C)(C)S(=O)(=O)CC1CCC(CCc2ccc(N3CCCC3=O)cc2)CC1. The van der Waals surface area contributed by atoms with E-state index in [1.807, 2.05) is 4.90 Å². The maximum Gasteiger partial charge on any atom is 0.227 e. The van der Waals surface area contributed by atoms with Crippen LogP contribution >= 0.6 is 0 Å². The maximum atomic E-state index is 12.4. The van der Waals surface area contributed by atoms with Crippen LogP contribution in [0.4, 0.5) is 5.69 Å². The van der Waals surface area contributed by atoms with Crippen molar-refractivity contribution >= 4 is 21.4 Å². The van der Waals surface area contributed by atoms with E-state index in [1.165, 1.54) is 12.0 Å². The molecule has 3 rings (SSSR count). The molecule has 0 bridgehead atoms. The van der Waals surface area contributed by atoms with E-state index in [4.69, 9.17) is 0 Å². The highest BCUT2D eigenvalue weighted by molar-refractivity contribution is 7.92. The fourth-order valence-electron chi connectivity index (χ4n) is 4.38. The molecule has 0 spiro atoms. The predicted octanol–water partition coefficient (Wildman–Crippen LogP) is 4.77. The Morgan fingerprint density at radius 3 is 2.14 bits per heavy atom.